The van der Waals surface area contributed by atoms with E-state index in [1.165, 1.54) is 18.2 Å². The number of carbonyl (C=O) groups is 1. The second-order valence-corrected chi connectivity index (χ2v) is 5.72. The van der Waals surface area contributed by atoms with Gasteiger partial charge < -0.3 is 4.74 Å². The Morgan fingerprint density at radius 2 is 1.96 bits per heavy atom. The van der Waals surface area contributed by atoms with Crippen LogP contribution >= 0.6 is 12.4 Å². The summed E-state index contributed by atoms with van der Waals surface area (Å²) in [6.07, 6.45) is 5.92. The molecule has 0 radical (unpaired) electrons. The molecule has 0 amide bonds. The Morgan fingerprint density at radius 3 is 2.84 bits per heavy atom. The van der Waals surface area contributed by atoms with Crippen molar-refractivity contribution in [1.29, 1.82) is 0 Å². The van der Waals surface area contributed by atoms with Gasteiger partial charge >= 0.3 is 0 Å². The van der Waals surface area contributed by atoms with Gasteiger partial charge in [-0.05, 0) is 41.3 Å². The molecule has 2 heterocycles. The molecule has 0 unspecified atom stereocenters. The van der Waals surface area contributed by atoms with Crippen LogP contribution in [0.25, 0.3) is 16.8 Å². The predicted octanol–water partition coefficient (Wildman–Crippen LogP) is 4.84. The molecular weight excluding hydrogens is 341 g/mol. The standard InChI is InChI=1S/C20H14FNO2.ClH/c21-17-3-4-18-19(11-17)24-8-6-15(20(18)23)10-13-1-2-16-12-22-7-5-14(16)9-13;/h1-5,7,9-12H,6,8H2;1H/b15-10+;. The quantitative estimate of drug-likeness (QED) is 0.586. The first-order valence-electron chi connectivity index (χ1n) is 7.72. The number of aromatic nitrogens is 1. The molecule has 2 aromatic carbocycles. The first-order valence-corrected chi connectivity index (χ1v) is 7.72. The molecule has 0 bridgehead atoms. The summed E-state index contributed by atoms with van der Waals surface area (Å²) in [7, 11) is 0. The zero-order valence-electron chi connectivity index (χ0n) is 13.2. The zero-order chi connectivity index (χ0) is 16.5. The first-order chi connectivity index (χ1) is 11.7. The van der Waals surface area contributed by atoms with E-state index in [4.69, 9.17) is 4.74 Å². The highest BCUT2D eigenvalue weighted by Crippen LogP contribution is 2.29. The van der Waals surface area contributed by atoms with E-state index >= 15 is 0 Å². The molecule has 3 aromatic rings. The minimum Gasteiger partial charge on any atom is -0.492 e. The highest BCUT2D eigenvalue weighted by Gasteiger charge is 2.21. The fourth-order valence-corrected chi connectivity index (χ4v) is 2.89. The third-order valence-electron chi connectivity index (χ3n) is 4.11. The van der Waals surface area contributed by atoms with Crippen molar-refractivity contribution in [3.63, 3.8) is 0 Å². The molecule has 1 aliphatic rings. The monoisotopic (exact) mass is 355 g/mol. The summed E-state index contributed by atoms with van der Waals surface area (Å²) in [5.41, 5.74) is 2.02. The average molecular weight is 356 g/mol. The lowest BCUT2D eigenvalue weighted by Crippen LogP contribution is -2.02. The fraction of sp³-hybridized carbons (Fsp3) is 0.100. The third-order valence-corrected chi connectivity index (χ3v) is 4.11. The van der Waals surface area contributed by atoms with E-state index < -0.39 is 5.82 Å². The van der Waals surface area contributed by atoms with Crippen molar-refractivity contribution >= 4 is 35.0 Å². The van der Waals surface area contributed by atoms with Crippen LogP contribution in [-0.2, 0) is 0 Å². The van der Waals surface area contributed by atoms with Crippen molar-refractivity contribution in [3.05, 3.63) is 77.4 Å². The summed E-state index contributed by atoms with van der Waals surface area (Å²) in [4.78, 5) is 16.8. The second kappa shape index (κ2) is 7.03. The molecular formula is C20H15ClFNO2. The number of pyridine rings is 1. The summed E-state index contributed by atoms with van der Waals surface area (Å²) >= 11 is 0. The molecule has 0 saturated carbocycles. The van der Waals surface area contributed by atoms with Crippen LogP contribution in [0.1, 0.15) is 22.3 Å². The van der Waals surface area contributed by atoms with Crippen molar-refractivity contribution in [2.24, 2.45) is 0 Å². The normalized spacial score (nSPS) is 15.2. The largest absolute Gasteiger partial charge is 0.492 e. The number of Topliss-reactive ketones (excluding diaryl/α,β-unsaturated/α-hetero) is 1. The molecule has 0 N–H and O–H groups in total. The van der Waals surface area contributed by atoms with Crippen molar-refractivity contribution in [2.75, 3.05) is 6.61 Å². The number of fused-ring (bicyclic) bond motifs is 2. The van der Waals surface area contributed by atoms with Crippen molar-refractivity contribution < 1.29 is 13.9 Å². The molecule has 0 spiro atoms. The van der Waals surface area contributed by atoms with Gasteiger partial charge in [0.1, 0.15) is 11.6 Å². The van der Waals surface area contributed by atoms with E-state index in [0.29, 0.717) is 29.9 Å². The Labute approximate surface area is 150 Å². The molecule has 126 valence electrons. The van der Waals surface area contributed by atoms with E-state index in [1.54, 1.807) is 6.20 Å². The summed E-state index contributed by atoms with van der Waals surface area (Å²) in [6, 6.07) is 11.9. The lowest BCUT2D eigenvalue weighted by Gasteiger charge is -2.05. The van der Waals surface area contributed by atoms with Crippen LogP contribution < -0.4 is 4.74 Å². The number of hydrogen-bond acceptors (Lipinski definition) is 3. The summed E-state index contributed by atoms with van der Waals surface area (Å²) in [5.74, 6) is -0.206. The Kier molecular flexibility index (Phi) is 4.81. The highest BCUT2D eigenvalue weighted by atomic mass is 35.5. The molecule has 0 fully saturated rings. The maximum atomic E-state index is 13.3. The van der Waals surface area contributed by atoms with Gasteiger partial charge in [-0.3, -0.25) is 9.78 Å². The van der Waals surface area contributed by atoms with Gasteiger partial charge in [0.15, 0.2) is 5.78 Å². The molecule has 5 heteroatoms. The highest BCUT2D eigenvalue weighted by molar-refractivity contribution is 6.13. The topological polar surface area (TPSA) is 39.2 Å². The molecule has 1 aromatic heterocycles. The van der Waals surface area contributed by atoms with Crippen LogP contribution in [0, 0.1) is 5.82 Å². The number of ketones is 1. The fourth-order valence-electron chi connectivity index (χ4n) is 2.89. The van der Waals surface area contributed by atoms with E-state index in [9.17, 15) is 9.18 Å². The van der Waals surface area contributed by atoms with Gasteiger partial charge in [0.2, 0.25) is 0 Å². The van der Waals surface area contributed by atoms with Gasteiger partial charge in [0.25, 0.3) is 0 Å². The number of hydrogen-bond donors (Lipinski definition) is 0. The van der Waals surface area contributed by atoms with Crippen LogP contribution in [-0.4, -0.2) is 17.4 Å². The van der Waals surface area contributed by atoms with Crippen LogP contribution in [0.3, 0.4) is 0 Å². The van der Waals surface area contributed by atoms with E-state index in [-0.39, 0.29) is 18.2 Å². The molecule has 0 atom stereocenters. The molecule has 25 heavy (non-hydrogen) atoms. The van der Waals surface area contributed by atoms with Crippen LogP contribution in [0.5, 0.6) is 5.75 Å². The number of carbonyl (C=O) groups excluding carboxylic acids is 1. The minimum atomic E-state index is -0.405. The molecule has 3 nitrogen and oxygen atoms in total. The third kappa shape index (κ3) is 3.39. The van der Waals surface area contributed by atoms with Gasteiger partial charge in [0.05, 0.1) is 12.2 Å². The van der Waals surface area contributed by atoms with Crippen LogP contribution in [0.2, 0.25) is 0 Å². The van der Waals surface area contributed by atoms with Gasteiger partial charge in [0, 0.05) is 35.8 Å². The summed E-state index contributed by atoms with van der Waals surface area (Å²) in [5, 5.41) is 2.12. The summed E-state index contributed by atoms with van der Waals surface area (Å²) < 4.78 is 18.9. The van der Waals surface area contributed by atoms with Gasteiger partial charge in [-0.1, -0.05) is 12.1 Å². The smallest absolute Gasteiger partial charge is 0.192 e. The molecule has 0 aliphatic carbocycles. The number of benzene rings is 2. The number of nitrogens with zero attached hydrogens (tertiary/aromatic N) is 1. The van der Waals surface area contributed by atoms with E-state index in [0.717, 1.165) is 16.3 Å². The van der Waals surface area contributed by atoms with Gasteiger partial charge in [-0.15, -0.1) is 12.4 Å². The summed E-state index contributed by atoms with van der Waals surface area (Å²) in [6.45, 7) is 0.353. The van der Waals surface area contributed by atoms with Gasteiger partial charge in [-0.25, -0.2) is 4.39 Å². The molecule has 4 rings (SSSR count). The Hall–Kier alpha value is -2.72. The second-order valence-electron chi connectivity index (χ2n) is 5.72. The maximum Gasteiger partial charge on any atom is 0.192 e. The molecule has 1 aliphatic heterocycles. The van der Waals surface area contributed by atoms with E-state index in [1.807, 2.05) is 36.5 Å². The number of halogens is 2. The predicted molar refractivity (Wildman–Crippen MR) is 97.8 cm³/mol. The van der Waals surface area contributed by atoms with Crippen LogP contribution in [0.15, 0.2) is 60.4 Å². The number of ether oxygens (including phenoxy) is 1. The molecule has 0 saturated heterocycles. The average Bonchev–Trinajstić information content (AvgIpc) is 2.74. The Balaban J connectivity index is 0.00000182. The van der Waals surface area contributed by atoms with Crippen molar-refractivity contribution in [1.82, 2.24) is 4.98 Å². The van der Waals surface area contributed by atoms with Crippen LogP contribution in [0.4, 0.5) is 4.39 Å². The minimum absolute atomic E-state index is 0. The Morgan fingerprint density at radius 1 is 1.08 bits per heavy atom. The lowest BCUT2D eigenvalue weighted by atomic mass is 9.98. The lowest BCUT2D eigenvalue weighted by molar-refractivity contribution is 0.103. The maximum absolute atomic E-state index is 13.3. The SMILES string of the molecule is Cl.O=C1/C(=C/c2ccc3cnccc3c2)CCOc2cc(F)ccc21. The van der Waals surface area contributed by atoms with Gasteiger partial charge in [-0.2, -0.15) is 0 Å². The zero-order valence-corrected chi connectivity index (χ0v) is 14.1. The first kappa shape index (κ1) is 17.1. The van der Waals surface area contributed by atoms with Crippen molar-refractivity contribution in [3.8, 4) is 5.75 Å². The number of rotatable bonds is 1. The van der Waals surface area contributed by atoms with E-state index in [2.05, 4.69) is 4.98 Å². The van der Waals surface area contributed by atoms with Crippen molar-refractivity contribution in [2.45, 2.75) is 6.42 Å². The Bertz CT molecular complexity index is 984.